The Hall–Kier alpha value is -3.19. The van der Waals surface area contributed by atoms with E-state index in [0.29, 0.717) is 6.92 Å². The van der Waals surface area contributed by atoms with Gasteiger partial charge in [0.15, 0.2) is 24.7 Å². The Morgan fingerprint density at radius 3 is 2.12 bits per heavy atom. The lowest BCUT2D eigenvalue weighted by Crippen LogP contribution is -2.20. The highest BCUT2D eigenvalue weighted by molar-refractivity contribution is 5.90. The van der Waals surface area contributed by atoms with Crippen molar-refractivity contribution in [2.45, 2.75) is 13.1 Å². The number of hydrogen-bond donors (Lipinski definition) is 1. The molecular formula is C12H5F7N4O3. The lowest BCUT2D eigenvalue weighted by atomic mass is 10.1. The van der Waals surface area contributed by atoms with Gasteiger partial charge in [0.2, 0.25) is 11.7 Å². The Kier molecular flexibility index (Phi) is 4.25. The van der Waals surface area contributed by atoms with Gasteiger partial charge in [-0.3, -0.25) is 14.9 Å². The Morgan fingerprint density at radius 1 is 1.23 bits per heavy atom. The van der Waals surface area contributed by atoms with Crippen molar-refractivity contribution in [3.05, 3.63) is 45.1 Å². The van der Waals surface area contributed by atoms with Gasteiger partial charge in [0.25, 0.3) is 0 Å². The predicted octanol–water partition coefficient (Wildman–Crippen LogP) is 3.31. The van der Waals surface area contributed by atoms with Crippen LogP contribution in [-0.4, -0.2) is 20.6 Å². The highest BCUT2D eigenvalue weighted by Gasteiger charge is 2.43. The summed E-state index contributed by atoms with van der Waals surface area (Å²) in [6.45, 7) is 0.703. The average molecular weight is 387 g/mol. The second-order valence-corrected chi connectivity index (χ2v) is 4.63. The smallest absolute Gasteiger partial charge is 0.305 e. The van der Waals surface area contributed by atoms with E-state index in [0.717, 1.165) is 0 Å². The molecule has 0 unspecified atom stereocenters. The Balaban J connectivity index is 2.93. The molecule has 0 atom stereocenters. The van der Waals surface area contributed by atoms with Gasteiger partial charge in [-0.15, -0.1) is 0 Å². The van der Waals surface area contributed by atoms with Crippen molar-refractivity contribution in [2.24, 2.45) is 0 Å². The minimum atomic E-state index is -5.80. The molecule has 0 aliphatic rings. The normalized spacial score (nSPS) is 12.1. The van der Waals surface area contributed by atoms with Crippen molar-refractivity contribution in [2.75, 3.05) is 5.31 Å². The van der Waals surface area contributed by atoms with Crippen molar-refractivity contribution < 1.29 is 41.9 Å². The number of benzene rings is 1. The summed E-state index contributed by atoms with van der Waals surface area (Å²) in [5.41, 5.74) is -5.96. The Bertz CT molecular complexity index is 930. The molecule has 2 rings (SSSR count). The molecule has 0 bridgehead atoms. The van der Waals surface area contributed by atoms with Crippen molar-refractivity contribution in [3.8, 4) is 5.69 Å². The molecule has 0 saturated heterocycles. The molecule has 0 aliphatic heterocycles. The molecule has 0 aliphatic carbocycles. The first kappa shape index (κ1) is 17.6. The summed E-state index contributed by atoms with van der Waals surface area (Å²) in [7, 11) is 0. The van der Waals surface area contributed by atoms with Gasteiger partial charge >= 0.3 is 11.9 Å². The number of carbonyl (C=O) groups is 1. The summed E-state index contributed by atoms with van der Waals surface area (Å²) in [4.78, 5) is 21.0. The van der Waals surface area contributed by atoms with E-state index < -0.39 is 63.0 Å². The van der Waals surface area contributed by atoms with Crippen molar-refractivity contribution in [3.63, 3.8) is 0 Å². The van der Waals surface area contributed by atoms with Crippen LogP contribution in [0.4, 0.5) is 42.2 Å². The molecule has 1 N–H and O–H groups in total. The van der Waals surface area contributed by atoms with E-state index in [1.165, 1.54) is 0 Å². The molecule has 14 heteroatoms. The number of hydrogen-bond acceptors (Lipinski definition) is 4. The molecule has 1 heterocycles. The molecule has 1 amide bonds. The number of halogens is 7. The summed E-state index contributed by atoms with van der Waals surface area (Å²) in [6.07, 6.45) is -5.51. The standard InChI is InChI=1S/C12H5F7N4O3/c1-3(24)21-11-4(23(25)26)2-20-22(11)10-8(15)6(13)5(12(17,18)19)7(14)9(10)16/h2H,1H3,(H,21,24)/i/hD. The lowest BCUT2D eigenvalue weighted by molar-refractivity contribution is -0.384. The zero-order chi connectivity index (χ0) is 20.8. The quantitative estimate of drug-likeness (QED) is 0.379. The molecule has 140 valence electrons. The number of alkyl halides is 3. The second-order valence-electron chi connectivity index (χ2n) is 4.63. The van der Waals surface area contributed by atoms with E-state index in [4.69, 9.17) is 1.41 Å². The fourth-order valence-corrected chi connectivity index (χ4v) is 1.93. The van der Waals surface area contributed by atoms with E-state index in [2.05, 4.69) is 5.10 Å². The predicted molar refractivity (Wildman–Crippen MR) is 69.4 cm³/mol. The zero-order valence-electron chi connectivity index (χ0n) is 13.2. The van der Waals surface area contributed by atoms with Crippen LogP contribution in [0.1, 0.15) is 12.5 Å². The van der Waals surface area contributed by atoms with Crippen LogP contribution in [0.3, 0.4) is 0 Å². The van der Waals surface area contributed by atoms with Crippen molar-refractivity contribution >= 4 is 17.4 Å². The van der Waals surface area contributed by atoms with Gasteiger partial charge in [-0.1, -0.05) is 0 Å². The molecule has 0 fully saturated rings. The van der Waals surface area contributed by atoms with E-state index in [1.807, 2.05) is 0 Å². The number of carbonyl (C=O) groups excluding carboxylic acids is 1. The van der Waals surface area contributed by atoms with Crippen LogP contribution in [-0.2, 0) is 11.0 Å². The van der Waals surface area contributed by atoms with Crippen molar-refractivity contribution in [1.82, 2.24) is 9.78 Å². The molecule has 1 aromatic carbocycles. The fraction of sp³-hybridized carbons (Fsp3) is 0.167. The van der Waals surface area contributed by atoms with Crippen LogP contribution < -0.4 is 5.31 Å². The third-order valence-electron chi connectivity index (χ3n) is 2.92. The number of nitro groups is 1. The topological polar surface area (TPSA) is 90.1 Å². The molecule has 26 heavy (non-hydrogen) atoms. The largest absolute Gasteiger partial charge is 0.422 e. The summed E-state index contributed by atoms with van der Waals surface area (Å²) in [6, 6.07) is 0. The second kappa shape index (κ2) is 6.27. The maximum atomic E-state index is 14.1. The van der Waals surface area contributed by atoms with Gasteiger partial charge < -0.3 is 5.31 Å². The van der Waals surface area contributed by atoms with Gasteiger partial charge in [-0.25, -0.2) is 22.2 Å². The van der Waals surface area contributed by atoms with E-state index >= 15 is 0 Å². The van der Waals surface area contributed by atoms with Gasteiger partial charge in [-0.2, -0.15) is 18.3 Å². The summed E-state index contributed by atoms with van der Waals surface area (Å²) >= 11 is 0. The zero-order valence-corrected chi connectivity index (χ0v) is 12.2. The molecule has 7 nitrogen and oxygen atoms in total. The Labute approximate surface area is 139 Å². The van der Waals surface area contributed by atoms with Gasteiger partial charge in [0, 0.05) is 6.92 Å². The molecule has 0 saturated carbocycles. The maximum Gasteiger partial charge on any atom is 0.422 e. The maximum absolute atomic E-state index is 14.1. The van der Waals surface area contributed by atoms with Crippen LogP contribution in [0.15, 0.2) is 6.20 Å². The van der Waals surface area contributed by atoms with E-state index in [9.17, 15) is 45.6 Å². The average Bonchev–Trinajstić information content (AvgIpc) is 2.96. The number of nitrogens with zero attached hydrogens (tertiary/aromatic N) is 3. The van der Waals surface area contributed by atoms with Crippen LogP contribution in [0.5, 0.6) is 0 Å². The highest BCUT2D eigenvalue weighted by Crippen LogP contribution is 2.39. The molecule has 0 spiro atoms. The molecule has 0 radical (unpaired) electrons. The third-order valence-corrected chi connectivity index (χ3v) is 2.92. The first-order chi connectivity index (χ1) is 12.3. The fourth-order valence-electron chi connectivity index (χ4n) is 1.93. The number of anilines is 1. The van der Waals surface area contributed by atoms with Crippen LogP contribution in [0.2, 0.25) is 1.41 Å². The van der Waals surface area contributed by atoms with E-state index in [1.54, 1.807) is 0 Å². The minimum absolute atomic E-state index is 0.260. The SMILES string of the molecule is [2H]N(C(C)=O)c1c([N+](=O)[O-])cnn1-c1c(F)c(F)c(C(F)(F)F)c(F)c1F. The van der Waals surface area contributed by atoms with Gasteiger partial charge in [0.1, 0.15) is 17.4 Å². The minimum Gasteiger partial charge on any atom is -0.305 e. The first-order valence-corrected chi connectivity index (χ1v) is 6.26. The monoisotopic (exact) mass is 387 g/mol. The number of rotatable bonds is 3. The number of nitrogens with one attached hydrogen (secondary N) is 1. The van der Waals surface area contributed by atoms with Gasteiger partial charge in [0.05, 0.1) is 4.92 Å². The molecule has 1 aromatic heterocycles. The van der Waals surface area contributed by atoms with Crippen LogP contribution in [0, 0.1) is 33.4 Å². The van der Waals surface area contributed by atoms with Crippen LogP contribution >= 0.6 is 0 Å². The number of amides is 1. The summed E-state index contributed by atoms with van der Waals surface area (Å²) < 4.78 is 101. The third kappa shape index (κ3) is 3.04. The summed E-state index contributed by atoms with van der Waals surface area (Å²) in [5, 5.41) is 13.7. The molecule has 2 aromatic rings. The van der Waals surface area contributed by atoms with Crippen LogP contribution in [0.25, 0.3) is 5.69 Å². The Morgan fingerprint density at radius 2 is 1.73 bits per heavy atom. The highest BCUT2D eigenvalue weighted by atomic mass is 19.4. The number of aromatic nitrogens is 2. The van der Waals surface area contributed by atoms with Gasteiger partial charge in [-0.05, 0) is 0 Å². The molecular weight excluding hydrogens is 381 g/mol. The van der Waals surface area contributed by atoms with Crippen molar-refractivity contribution in [1.29, 1.82) is 0 Å². The lowest BCUT2D eigenvalue weighted by Gasteiger charge is -2.15. The first-order valence-electron chi connectivity index (χ1n) is 6.70. The van der Waals surface area contributed by atoms with E-state index in [-0.39, 0.29) is 16.2 Å². The summed E-state index contributed by atoms with van der Waals surface area (Å²) in [5.74, 6) is -13.3.